The van der Waals surface area contributed by atoms with Gasteiger partial charge in [-0.25, -0.2) is 8.42 Å². The monoisotopic (exact) mass is 303 g/mol. The largest absolute Gasteiger partial charge is 0.468 e. The van der Waals surface area contributed by atoms with Crippen molar-refractivity contribution in [2.24, 2.45) is 13.0 Å². The van der Waals surface area contributed by atoms with Gasteiger partial charge in [0.1, 0.15) is 10.9 Å². The Morgan fingerprint density at radius 3 is 2.25 bits per heavy atom. The highest BCUT2D eigenvalue weighted by Gasteiger charge is 2.32. The molecule has 0 spiro atoms. The third-order valence-electron chi connectivity index (χ3n) is 3.12. The predicted molar refractivity (Wildman–Crippen MR) is 73.6 cm³/mol. The van der Waals surface area contributed by atoms with Crippen LogP contribution in [0, 0.1) is 19.8 Å². The first-order chi connectivity index (χ1) is 9.11. The van der Waals surface area contributed by atoms with Crippen molar-refractivity contribution < 1.29 is 17.9 Å². The molecule has 0 aliphatic heterocycles. The first kappa shape index (κ1) is 16.6. The second kappa shape index (κ2) is 5.92. The molecule has 1 aromatic rings. The molecular formula is C12H21N3O4S. The third kappa shape index (κ3) is 3.18. The summed E-state index contributed by atoms with van der Waals surface area (Å²) in [6.07, 6.45) is 0. The van der Waals surface area contributed by atoms with Crippen molar-refractivity contribution in [3.8, 4) is 0 Å². The molecular weight excluding hydrogens is 282 g/mol. The molecule has 0 saturated heterocycles. The number of rotatable bonds is 5. The average molecular weight is 303 g/mol. The zero-order valence-corrected chi connectivity index (χ0v) is 13.4. The molecule has 7 nitrogen and oxygen atoms in total. The SMILES string of the molecule is COC(=O)C(NS(=O)(=O)c1c(C)nn(C)c1C)C(C)C. The van der Waals surface area contributed by atoms with Gasteiger partial charge in [-0.1, -0.05) is 13.8 Å². The minimum absolute atomic E-state index is 0.106. The molecule has 0 aliphatic rings. The van der Waals surface area contributed by atoms with E-state index in [1.165, 1.54) is 11.8 Å². The third-order valence-corrected chi connectivity index (χ3v) is 4.81. The number of ether oxygens (including phenoxy) is 1. The Bertz CT molecular complexity index is 604. The first-order valence-electron chi connectivity index (χ1n) is 6.22. The minimum Gasteiger partial charge on any atom is -0.468 e. The molecule has 0 amide bonds. The highest BCUT2D eigenvalue weighted by molar-refractivity contribution is 7.89. The number of hydrogen-bond donors (Lipinski definition) is 1. The molecule has 1 N–H and O–H groups in total. The van der Waals surface area contributed by atoms with E-state index in [9.17, 15) is 13.2 Å². The van der Waals surface area contributed by atoms with Crippen LogP contribution in [0.3, 0.4) is 0 Å². The summed E-state index contributed by atoms with van der Waals surface area (Å²) >= 11 is 0. The van der Waals surface area contributed by atoms with Crippen LogP contribution in [0.25, 0.3) is 0 Å². The van der Waals surface area contributed by atoms with Crippen molar-refractivity contribution in [1.29, 1.82) is 0 Å². The molecule has 0 aromatic carbocycles. The van der Waals surface area contributed by atoms with E-state index in [0.717, 1.165) is 0 Å². The molecule has 0 saturated carbocycles. The maximum Gasteiger partial charge on any atom is 0.324 e. The maximum atomic E-state index is 12.5. The highest BCUT2D eigenvalue weighted by Crippen LogP contribution is 2.19. The fraction of sp³-hybridized carbons (Fsp3) is 0.667. The Morgan fingerprint density at radius 2 is 1.90 bits per heavy atom. The molecule has 1 aromatic heterocycles. The van der Waals surface area contributed by atoms with E-state index in [0.29, 0.717) is 11.4 Å². The number of esters is 1. The normalized spacial score (nSPS) is 13.6. The van der Waals surface area contributed by atoms with Gasteiger partial charge in [-0.15, -0.1) is 0 Å². The van der Waals surface area contributed by atoms with Crippen LogP contribution in [0.1, 0.15) is 25.2 Å². The van der Waals surface area contributed by atoms with Gasteiger partial charge in [0.2, 0.25) is 10.0 Å². The molecule has 20 heavy (non-hydrogen) atoms. The van der Waals surface area contributed by atoms with Crippen LogP contribution in [-0.4, -0.2) is 37.3 Å². The number of carbonyl (C=O) groups excluding carboxylic acids is 1. The number of nitrogens with one attached hydrogen (secondary N) is 1. The number of carbonyl (C=O) groups is 1. The molecule has 1 rings (SSSR count). The second-order valence-corrected chi connectivity index (χ2v) is 6.64. The van der Waals surface area contributed by atoms with E-state index < -0.39 is 22.0 Å². The lowest BCUT2D eigenvalue weighted by Gasteiger charge is -2.19. The average Bonchev–Trinajstić information content (AvgIpc) is 2.59. The zero-order chi connectivity index (χ0) is 15.7. The Kier molecular flexibility index (Phi) is 4.93. The highest BCUT2D eigenvalue weighted by atomic mass is 32.2. The van der Waals surface area contributed by atoms with Crippen LogP contribution in [0.2, 0.25) is 0 Å². The lowest BCUT2D eigenvalue weighted by molar-refractivity contribution is -0.143. The summed E-state index contributed by atoms with van der Waals surface area (Å²) in [7, 11) is -0.937. The van der Waals surface area contributed by atoms with Crippen molar-refractivity contribution >= 4 is 16.0 Å². The van der Waals surface area contributed by atoms with Crippen LogP contribution in [0.5, 0.6) is 0 Å². The van der Waals surface area contributed by atoms with Crippen molar-refractivity contribution in [3.63, 3.8) is 0 Å². The Hall–Kier alpha value is -1.41. The van der Waals surface area contributed by atoms with Gasteiger partial charge in [-0.2, -0.15) is 9.82 Å². The van der Waals surface area contributed by atoms with Gasteiger partial charge in [0, 0.05) is 7.05 Å². The van der Waals surface area contributed by atoms with Gasteiger partial charge in [0.15, 0.2) is 0 Å². The van der Waals surface area contributed by atoms with Crippen LogP contribution in [-0.2, 0) is 26.6 Å². The van der Waals surface area contributed by atoms with Crippen LogP contribution in [0.4, 0.5) is 0 Å². The fourth-order valence-electron chi connectivity index (χ4n) is 1.95. The van der Waals surface area contributed by atoms with Gasteiger partial charge < -0.3 is 4.74 Å². The zero-order valence-electron chi connectivity index (χ0n) is 12.6. The summed E-state index contributed by atoms with van der Waals surface area (Å²) in [5.74, 6) is -0.836. The van der Waals surface area contributed by atoms with Crippen molar-refractivity contribution in [3.05, 3.63) is 11.4 Å². The van der Waals surface area contributed by atoms with E-state index in [1.54, 1.807) is 34.7 Å². The summed E-state index contributed by atoms with van der Waals surface area (Å²) in [6.45, 7) is 6.77. The van der Waals surface area contributed by atoms with Crippen LogP contribution in [0.15, 0.2) is 4.90 Å². The lowest BCUT2D eigenvalue weighted by Crippen LogP contribution is -2.45. The van der Waals surface area contributed by atoms with E-state index in [4.69, 9.17) is 0 Å². The van der Waals surface area contributed by atoms with Crippen molar-refractivity contribution in [2.45, 2.75) is 38.6 Å². The Morgan fingerprint density at radius 1 is 1.35 bits per heavy atom. The van der Waals surface area contributed by atoms with E-state index in [1.807, 2.05) is 0 Å². The molecule has 0 bridgehead atoms. The van der Waals surface area contributed by atoms with Gasteiger partial charge in [-0.3, -0.25) is 9.48 Å². The summed E-state index contributed by atoms with van der Waals surface area (Å²) < 4.78 is 33.4. The lowest BCUT2D eigenvalue weighted by atomic mass is 10.1. The topological polar surface area (TPSA) is 90.3 Å². The smallest absolute Gasteiger partial charge is 0.324 e. The number of aryl methyl sites for hydroxylation is 2. The molecule has 1 atom stereocenters. The van der Waals surface area contributed by atoms with Gasteiger partial charge in [-0.05, 0) is 19.8 Å². The summed E-state index contributed by atoms with van der Waals surface area (Å²) in [5, 5.41) is 4.08. The van der Waals surface area contributed by atoms with Crippen LogP contribution < -0.4 is 4.72 Å². The quantitative estimate of drug-likeness (QED) is 0.801. The number of nitrogens with zero attached hydrogens (tertiary/aromatic N) is 2. The molecule has 1 unspecified atom stereocenters. The number of sulfonamides is 1. The fourth-order valence-corrected chi connectivity index (χ4v) is 3.72. The van der Waals surface area contributed by atoms with Crippen molar-refractivity contribution in [1.82, 2.24) is 14.5 Å². The standard InChI is InChI=1S/C12H21N3O4S/c1-7(2)10(12(16)19-6)14-20(17,18)11-8(3)13-15(5)9(11)4/h7,10,14H,1-6H3. The summed E-state index contributed by atoms with van der Waals surface area (Å²) in [5.41, 5.74) is 0.909. The molecule has 0 fully saturated rings. The van der Waals surface area contributed by atoms with Gasteiger partial charge >= 0.3 is 5.97 Å². The van der Waals surface area contributed by atoms with Gasteiger partial charge in [0.05, 0.1) is 18.5 Å². The van der Waals surface area contributed by atoms with E-state index in [-0.39, 0.29) is 10.8 Å². The summed E-state index contributed by atoms with van der Waals surface area (Å²) in [4.78, 5) is 11.8. The van der Waals surface area contributed by atoms with Crippen molar-refractivity contribution in [2.75, 3.05) is 7.11 Å². The van der Waals surface area contributed by atoms with Gasteiger partial charge in [0.25, 0.3) is 0 Å². The molecule has 1 heterocycles. The number of aromatic nitrogens is 2. The first-order valence-corrected chi connectivity index (χ1v) is 7.70. The molecule has 8 heteroatoms. The van der Waals surface area contributed by atoms with E-state index in [2.05, 4.69) is 14.6 Å². The predicted octanol–water partition coefficient (Wildman–Crippen LogP) is 0.513. The molecule has 0 aliphatic carbocycles. The van der Waals surface area contributed by atoms with E-state index >= 15 is 0 Å². The molecule has 0 radical (unpaired) electrons. The Balaban J connectivity index is 3.20. The maximum absolute atomic E-state index is 12.5. The summed E-state index contributed by atoms with van der Waals surface area (Å²) in [6, 6.07) is -0.927. The Labute approximate surface area is 119 Å². The number of methoxy groups -OCH3 is 1. The minimum atomic E-state index is -3.83. The number of hydrogen-bond acceptors (Lipinski definition) is 5. The second-order valence-electron chi connectivity index (χ2n) is 4.99. The van der Waals surface area contributed by atoms with Crippen LogP contribution >= 0.6 is 0 Å². The molecule has 114 valence electrons.